The van der Waals surface area contributed by atoms with Crippen molar-refractivity contribution in [1.82, 2.24) is 4.90 Å². The van der Waals surface area contributed by atoms with Gasteiger partial charge in [-0.25, -0.2) is 0 Å². The molecule has 1 heteroatoms. The van der Waals surface area contributed by atoms with E-state index in [1.165, 1.54) is 51.7 Å². The van der Waals surface area contributed by atoms with Gasteiger partial charge in [0.2, 0.25) is 0 Å². The first-order valence-electron chi connectivity index (χ1n) is 6.07. The van der Waals surface area contributed by atoms with Crippen molar-refractivity contribution in [2.45, 2.75) is 52.9 Å². The Hall–Kier alpha value is -0.0400. The predicted octanol–water partition coefficient (Wildman–Crippen LogP) is 3.30. The van der Waals surface area contributed by atoms with Crippen LogP contribution in [0.25, 0.3) is 0 Å². The maximum Gasteiger partial charge on any atom is -0.00135 e. The van der Waals surface area contributed by atoms with Crippen molar-refractivity contribution in [3.63, 3.8) is 0 Å². The second kappa shape index (κ2) is 4.99. The minimum absolute atomic E-state index is 0.839. The SMILES string of the molecule is CC.CCN1CCC2(CCC2)CC1. The Morgan fingerprint density at radius 2 is 1.54 bits per heavy atom. The quantitative estimate of drug-likeness (QED) is 0.603. The third-order valence-corrected chi connectivity index (χ3v) is 3.78. The van der Waals surface area contributed by atoms with Crippen molar-refractivity contribution in [3.05, 3.63) is 0 Å². The van der Waals surface area contributed by atoms with Gasteiger partial charge in [0.15, 0.2) is 0 Å². The lowest BCUT2D eigenvalue weighted by atomic mass is 9.63. The van der Waals surface area contributed by atoms with Gasteiger partial charge in [0, 0.05) is 0 Å². The molecule has 2 rings (SSSR count). The molecule has 0 bridgehead atoms. The Kier molecular flexibility index (Phi) is 4.24. The molecular weight excluding hydrogens is 158 g/mol. The van der Waals surface area contributed by atoms with Crippen LogP contribution in [0.4, 0.5) is 0 Å². The van der Waals surface area contributed by atoms with Gasteiger partial charge in [0.25, 0.3) is 0 Å². The highest BCUT2D eigenvalue weighted by Gasteiger charge is 2.38. The number of nitrogens with zero attached hydrogens (tertiary/aromatic N) is 1. The number of rotatable bonds is 1. The summed E-state index contributed by atoms with van der Waals surface area (Å²) < 4.78 is 0. The molecule has 0 N–H and O–H groups in total. The van der Waals surface area contributed by atoms with Gasteiger partial charge in [-0.15, -0.1) is 0 Å². The minimum atomic E-state index is 0.839. The molecule has 1 heterocycles. The average molecular weight is 183 g/mol. The van der Waals surface area contributed by atoms with Crippen LogP contribution >= 0.6 is 0 Å². The minimum Gasteiger partial charge on any atom is -0.304 e. The normalized spacial score (nSPS) is 26.1. The van der Waals surface area contributed by atoms with E-state index in [1.54, 1.807) is 0 Å². The lowest BCUT2D eigenvalue weighted by Crippen LogP contribution is -2.43. The molecule has 0 amide bonds. The molecule has 0 atom stereocenters. The highest BCUT2D eigenvalue weighted by atomic mass is 15.1. The second-order valence-electron chi connectivity index (χ2n) is 4.29. The molecule has 2 aliphatic rings. The van der Waals surface area contributed by atoms with Gasteiger partial charge in [-0.2, -0.15) is 0 Å². The fourth-order valence-corrected chi connectivity index (χ4v) is 2.52. The van der Waals surface area contributed by atoms with Crippen LogP contribution in [0.2, 0.25) is 0 Å². The molecule has 1 nitrogen and oxygen atoms in total. The molecule has 1 aliphatic heterocycles. The van der Waals surface area contributed by atoms with Gasteiger partial charge in [0.1, 0.15) is 0 Å². The van der Waals surface area contributed by atoms with E-state index < -0.39 is 0 Å². The fourth-order valence-electron chi connectivity index (χ4n) is 2.52. The summed E-state index contributed by atoms with van der Waals surface area (Å²) in [6, 6.07) is 0. The summed E-state index contributed by atoms with van der Waals surface area (Å²) >= 11 is 0. The smallest absolute Gasteiger partial charge is 0.00135 e. The first-order chi connectivity index (χ1) is 6.35. The van der Waals surface area contributed by atoms with Crippen LogP contribution in [0.15, 0.2) is 0 Å². The number of piperidine rings is 1. The average Bonchev–Trinajstić information content (AvgIpc) is 2.19. The Morgan fingerprint density at radius 3 is 1.85 bits per heavy atom. The van der Waals surface area contributed by atoms with Crippen LogP contribution in [0.1, 0.15) is 52.9 Å². The largest absolute Gasteiger partial charge is 0.304 e. The molecule has 13 heavy (non-hydrogen) atoms. The Morgan fingerprint density at radius 1 is 1.00 bits per heavy atom. The number of hydrogen-bond acceptors (Lipinski definition) is 1. The van der Waals surface area contributed by atoms with Crippen molar-refractivity contribution in [2.75, 3.05) is 19.6 Å². The van der Waals surface area contributed by atoms with Gasteiger partial charge in [-0.3, -0.25) is 0 Å². The van der Waals surface area contributed by atoms with Crippen LogP contribution in [0.3, 0.4) is 0 Å². The first kappa shape index (κ1) is 11.0. The second-order valence-corrected chi connectivity index (χ2v) is 4.29. The van der Waals surface area contributed by atoms with Crippen LogP contribution in [-0.2, 0) is 0 Å². The third kappa shape index (κ3) is 2.46. The molecule has 2 fully saturated rings. The maximum atomic E-state index is 2.59. The van der Waals surface area contributed by atoms with E-state index in [9.17, 15) is 0 Å². The van der Waals surface area contributed by atoms with Gasteiger partial charge < -0.3 is 4.90 Å². The summed E-state index contributed by atoms with van der Waals surface area (Å²) in [4.78, 5) is 2.59. The van der Waals surface area contributed by atoms with Crippen LogP contribution in [0, 0.1) is 5.41 Å². The van der Waals surface area contributed by atoms with Crippen molar-refractivity contribution in [3.8, 4) is 0 Å². The summed E-state index contributed by atoms with van der Waals surface area (Å²) in [5.74, 6) is 0. The fraction of sp³-hybridized carbons (Fsp3) is 1.00. The van der Waals surface area contributed by atoms with Crippen molar-refractivity contribution < 1.29 is 0 Å². The molecule has 1 aliphatic carbocycles. The van der Waals surface area contributed by atoms with Crippen molar-refractivity contribution in [2.24, 2.45) is 5.41 Å². The van der Waals surface area contributed by atoms with Gasteiger partial charge in [-0.05, 0) is 50.7 Å². The topological polar surface area (TPSA) is 3.24 Å². The molecule has 0 aromatic carbocycles. The molecule has 0 aromatic heterocycles. The van der Waals surface area contributed by atoms with Gasteiger partial charge in [-0.1, -0.05) is 27.2 Å². The lowest BCUT2D eigenvalue weighted by molar-refractivity contribution is 0.0356. The Bertz CT molecular complexity index is 128. The predicted molar refractivity (Wildman–Crippen MR) is 59.0 cm³/mol. The molecule has 0 radical (unpaired) electrons. The van der Waals surface area contributed by atoms with E-state index in [4.69, 9.17) is 0 Å². The zero-order chi connectivity index (χ0) is 9.73. The maximum absolute atomic E-state index is 2.59. The first-order valence-corrected chi connectivity index (χ1v) is 6.07. The van der Waals surface area contributed by atoms with Gasteiger partial charge >= 0.3 is 0 Å². The highest BCUT2D eigenvalue weighted by Crippen LogP contribution is 2.48. The third-order valence-electron chi connectivity index (χ3n) is 3.78. The molecule has 0 unspecified atom stereocenters. The zero-order valence-electron chi connectivity index (χ0n) is 9.60. The summed E-state index contributed by atoms with van der Waals surface area (Å²) in [6.07, 6.45) is 7.54. The summed E-state index contributed by atoms with van der Waals surface area (Å²) in [5, 5.41) is 0. The molecular formula is C12H25N. The lowest BCUT2D eigenvalue weighted by Gasteiger charge is -2.47. The summed E-state index contributed by atoms with van der Waals surface area (Å²) in [5.41, 5.74) is 0.839. The van der Waals surface area contributed by atoms with E-state index in [2.05, 4.69) is 11.8 Å². The van der Waals surface area contributed by atoms with Crippen LogP contribution < -0.4 is 0 Å². The van der Waals surface area contributed by atoms with E-state index >= 15 is 0 Å². The van der Waals surface area contributed by atoms with Gasteiger partial charge in [0.05, 0.1) is 0 Å². The highest BCUT2D eigenvalue weighted by molar-refractivity contribution is 4.91. The summed E-state index contributed by atoms with van der Waals surface area (Å²) in [7, 11) is 0. The van der Waals surface area contributed by atoms with E-state index in [-0.39, 0.29) is 0 Å². The van der Waals surface area contributed by atoms with Crippen LogP contribution in [-0.4, -0.2) is 24.5 Å². The van der Waals surface area contributed by atoms with E-state index in [1.807, 2.05) is 13.8 Å². The summed E-state index contributed by atoms with van der Waals surface area (Å²) in [6.45, 7) is 10.3. The molecule has 1 saturated carbocycles. The Balaban J connectivity index is 0.000000396. The van der Waals surface area contributed by atoms with E-state index in [0.717, 1.165) is 5.41 Å². The zero-order valence-corrected chi connectivity index (χ0v) is 9.60. The standard InChI is InChI=1S/C10H19N.C2H6/c1-2-11-8-6-10(7-9-11)4-3-5-10;1-2/h2-9H2,1H3;1-2H3. The van der Waals surface area contributed by atoms with Crippen LogP contribution in [0.5, 0.6) is 0 Å². The van der Waals surface area contributed by atoms with Crippen molar-refractivity contribution >= 4 is 0 Å². The molecule has 1 spiro atoms. The monoisotopic (exact) mass is 183 g/mol. The number of hydrogen-bond donors (Lipinski definition) is 0. The molecule has 1 saturated heterocycles. The molecule has 0 aromatic rings. The van der Waals surface area contributed by atoms with Crippen molar-refractivity contribution in [1.29, 1.82) is 0 Å². The molecule has 78 valence electrons. The Labute approximate surface area is 83.5 Å². The van der Waals surface area contributed by atoms with E-state index in [0.29, 0.717) is 0 Å². The number of likely N-dealkylation sites (tertiary alicyclic amines) is 1.